The minimum Gasteiger partial charge on any atom is -0.363 e. The standard InChI is InChI=1S/C13H15N5O2S2/c1-14-11(20)16-10(19)9(8-6-4-3-5-7-8)21-13-18-17-12(15-2)22-13/h3-7,9H,1-2H3,(H,15,17)(H2,14,16,19,20)/t9-/m1/s1. The molecule has 0 saturated carbocycles. The second-order valence-electron chi connectivity index (χ2n) is 4.10. The highest BCUT2D eigenvalue weighted by molar-refractivity contribution is 8.01. The van der Waals surface area contributed by atoms with E-state index in [1.807, 2.05) is 30.3 Å². The van der Waals surface area contributed by atoms with E-state index in [2.05, 4.69) is 26.1 Å². The van der Waals surface area contributed by atoms with Crippen LogP contribution in [0.3, 0.4) is 0 Å². The molecule has 3 N–H and O–H groups in total. The number of amides is 3. The molecule has 0 aliphatic heterocycles. The predicted octanol–water partition coefficient (Wildman–Crippen LogP) is 1.87. The van der Waals surface area contributed by atoms with Gasteiger partial charge in [-0.3, -0.25) is 10.1 Å². The average Bonchev–Trinajstić information content (AvgIpc) is 3.01. The first-order chi connectivity index (χ1) is 10.6. The SMILES string of the molecule is CNC(=O)NC(=O)[C@H](Sc1nnc(NC)s1)c1ccccc1. The summed E-state index contributed by atoms with van der Waals surface area (Å²) in [5.41, 5.74) is 0.787. The van der Waals surface area contributed by atoms with E-state index in [4.69, 9.17) is 0 Å². The van der Waals surface area contributed by atoms with Gasteiger partial charge in [-0.2, -0.15) is 0 Å². The van der Waals surface area contributed by atoms with Crippen LogP contribution in [0.15, 0.2) is 34.7 Å². The van der Waals surface area contributed by atoms with E-state index in [0.29, 0.717) is 9.47 Å². The van der Waals surface area contributed by atoms with Gasteiger partial charge in [0.25, 0.3) is 0 Å². The first-order valence-electron chi connectivity index (χ1n) is 6.39. The van der Waals surface area contributed by atoms with Gasteiger partial charge in [-0.25, -0.2) is 4.79 Å². The van der Waals surface area contributed by atoms with Crippen molar-refractivity contribution < 1.29 is 9.59 Å². The highest BCUT2D eigenvalue weighted by Gasteiger charge is 2.25. The molecule has 7 nitrogen and oxygen atoms in total. The number of aromatic nitrogens is 2. The Bertz CT molecular complexity index is 647. The molecular formula is C13H15N5O2S2. The molecule has 1 heterocycles. The lowest BCUT2D eigenvalue weighted by molar-refractivity contribution is -0.119. The number of hydrogen-bond acceptors (Lipinski definition) is 7. The number of carbonyl (C=O) groups excluding carboxylic acids is 2. The molecule has 0 aliphatic rings. The third-order valence-electron chi connectivity index (χ3n) is 2.64. The summed E-state index contributed by atoms with van der Waals surface area (Å²) in [4.78, 5) is 23.7. The summed E-state index contributed by atoms with van der Waals surface area (Å²) in [5.74, 6) is -0.406. The predicted molar refractivity (Wildman–Crippen MR) is 87.1 cm³/mol. The van der Waals surface area contributed by atoms with Crippen molar-refractivity contribution in [3.8, 4) is 0 Å². The molecule has 9 heteroatoms. The maximum atomic E-state index is 12.3. The van der Waals surface area contributed by atoms with Crippen LogP contribution >= 0.6 is 23.1 Å². The number of nitrogens with one attached hydrogen (secondary N) is 3. The lowest BCUT2D eigenvalue weighted by Gasteiger charge is -2.14. The van der Waals surface area contributed by atoms with Gasteiger partial charge in [0.15, 0.2) is 4.34 Å². The van der Waals surface area contributed by atoms with Crippen LogP contribution in [0.4, 0.5) is 9.93 Å². The van der Waals surface area contributed by atoms with Gasteiger partial charge in [-0.15, -0.1) is 10.2 Å². The van der Waals surface area contributed by atoms with Crippen molar-refractivity contribution in [2.24, 2.45) is 0 Å². The quantitative estimate of drug-likeness (QED) is 0.721. The van der Waals surface area contributed by atoms with Crippen molar-refractivity contribution in [3.05, 3.63) is 35.9 Å². The van der Waals surface area contributed by atoms with Crippen molar-refractivity contribution >= 4 is 40.2 Å². The van der Waals surface area contributed by atoms with Gasteiger partial charge < -0.3 is 10.6 Å². The second-order valence-corrected chi connectivity index (χ2v) is 6.43. The first kappa shape index (κ1) is 16.2. The molecule has 0 saturated heterocycles. The maximum Gasteiger partial charge on any atom is 0.321 e. The van der Waals surface area contributed by atoms with Crippen LogP contribution in [0, 0.1) is 0 Å². The molecule has 2 aromatic rings. The van der Waals surface area contributed by atoms with E-state index in [-0.39, 0.29) is 0 Å². The van der Waals surface area contributed by atoms with Crippen LogP contribution in [0.2, 0.25) is 0 Å². The minimum atomic E-state index is -0.587. The van der Waals surface area contributed by atoms with Crippen LogP contribution in [-0.2, 0) is 4.79 Å². The van der Waals surface area contributed by atoms with Gasteiger partial charge in [0.05, 0.1) is 0 Å². The maximum absolute atomic E-state index is 12.3. The number of thioether (sulfide) groups is 1. The Morgan fingerprint density at radius 2 is 1.91 bits per heavy atom. The molecule has 0 unspecified atom stereocenters. The Morgan fingerprint density at radius 1 is 1.18 bits per heavy atom. The monoisotopic (exact) mass is 337 g/mol. The van der Waals surface area contributed by atoms with Crippen LogP contribution < -0.4 is 16.0 Å². The fourth-order valence-corrected chi connectivity index (χ4v) is 3.50. The highest BCUT2D eigenvalue weighted by Crippen LogP contribution is 2.37. The van der Waals surface area contributed by atoms with Gasteiger partial charge in [0, 0.05) is 14.1 Å². The summed E-state index contributed by atoms with van der Waals surface area (Å²) in [6.07, 6.45) is 0. The van der Waals surface area contributed by atoms with Gasteiger partial charge in [0.2, 0.25) is 11.0 Å². The van der Waals surface area contributed by atoms with E-state index in [1.165, 1.54) is 30.1 Å². The van der Waals surface area contributed by atoms with Gasteiger partial charge in [-0.05, 0) is 5.56 Å². The van der Waals surface area contributed by atoms with Gasteiger partial charge in [0.1, 0.15) is 5.25 Å². The average molecular weight is 337 g/mol. The molecule has 3 amide bonds. The number of urea groups is 1. The molecule has 0 aliphatic carbocycles. The van der Waals surface area contributed by atoms with Crippen molar-refractivity contribution in [2.75, 3.05) is 19.4 Å². The van der Waals surface area contributed by atoms with Crippen molar-refractivity contribution in [1.29, 1.82) is 0 Å². The van der Waals surface area contributed by atoms with E-state index in [9.17, 15) is 9.59 Å². The molecule has 22 heavy (non-hydrogen) atoms. The molecule has 2 rings (SSSR count). The van der Waals surface area contributed by atoms with Crippen molar-refractivity contribution in [2.45, 2.75) is 9.59 Å². The number of benzene rings is 1. The smallest absolute Gasteiger partial charge is 0.321 e. The molecule has 0 bridgehead atoms. The summed E-state index contributed by atoms with van der Waals surface area (Å²) in [6.45, 7) is 0. The summed E-state index contributed by atoms with van der Waals surface area (Å²) in [7, 11) is 3.21. The lowest BCUT2D eigenvalue weighted by atomic mass is 10.1. The Balaban J connectivity index is 2.21. The van der Waals surface area contributed by atoms with Crippen LogP contribution in [0.25, 0.3) is 0 Å². The Hall–Kier alpha value is -2.13. The van der Waals surface area contributed by atoms with E-state index >= 15 is 0 Å². The third kappa shape index (κ3) is 4.18. The van der Waals surface area contributed by atoms with Gasteiger partial charge in [-0.1, -0.05) is 53.4 Å². The zero-order valence-corrected chi connectivity index (χ0v) is 13.6. The topological polar surface area (TPSA) is 96.0 Å². The zero-order valence-electron chi connectivity index (χ0n) is 12.0. The fourth-order valence-electron chi connectivity index (χ4n) is 1.60. The number of nitrogens with zero attached hydrogens (tertiary/aromatic N) is 2. The van der Waals surface area contributed by atoms with E-state index in [0.717, 1.165) is 5.56 Å². The summed E-state index contributed by atoms with van der Waals surface area (Å²) < 4.78 is 0.644. The Labute approximate surface area is 135 Å². The molecule has 1 aromatic heterocycles. The van der Waals surface area contributed by atoms with E-state index < -0.39 is 17.2 Å². The van der Waals surface area contributed by atoms with Crippen molar-refractivity contribution in [1.82, 2.24) is 20.8 Å². The van der Waals surface area contributed by atoms with Gasteiger partial charge >= 0.3 is 6.03 Å². The number of rotatable bonds is 5. The van der Waals surface area contributed by atoms with E-state index in [1.54, 1.807) is 7.05 Å². The second kappa shape index (κ2) is 7.76. The molecule has 0 radical (unpaired) electrons. The molecule has 1 aromatic carbocycles. The zero-order chi connectivity index (χ0) is 15.9. The number of carbonyl (C=O) groups is 2. The largest absolute Gasteiger partial charge is 0.363 e. The summed E-state index contributed by atoms with van der Waals surface area (Å²) in [5, 5.41) is 15.6. The summed E-state index contributed by atoms with van der Waals surface area (Å²) >= 11 is 2.60. The number of imide groups is 1. The number of hydrogen-bond donors (Lipinski definition) is 3. The molecule has 0 spiro atoms. The first-order valence-corrected chi connectivity index (χ1v) is 8.09. The molecule has 116 valence electrons. The Kier molecular flexibility index (Phi) is 5.73. The van der Waals surface area contributed by atoms with Crippen LogP contribution in [0.1, 0.15) is 10.8 Å². The van der Waals surface area contributed by atoms with Crippen LogP contribution in [0.5, 0.6) is 0 Å². The molecule has 0 fully saturated rings. The van der Waals surface area contributed by atoms with Crippen LogP contribution in [-0.4, -0.2) is 36.2 Å². The minimum absolute atomic E-state index is 0.406. The highest BCUT2D eigenvalue weighted by atomic mass is 32.2. The summed E-state index contributed by atoms with van der Waals surface area (Å²) in [6, 6.07) is 8.68. The Morgan fingerprint density at radius 3 is 2.50 bits per heavy atom. The molecule has 1 atom stereocenters. The normalized spacial score (nSPS) is 11.5. The van der Waals surface area contributed by atoms with Crippen molar-refractivity contribution in [3.63, 3.8) is 0 Å². The number of anilines is 1. The third-order valence-corrected chi connectivity index (χ3v) is 4.92. The molecular weight excluding hydrogens is 322 g/mol. The lowest BCUT2D eigenvalue weighted by Crippen LogP contribution is -2.39. The fraction of sp³-hybridized carbons (Fsp3) is 0.231.